The van der Waals surface area contributed by atoms with Crippen LogP contribution in [-0.4, -0.2) is 46.5 Å². The highest BCUT2D eigenvalue weighted by Crippen LogP contribution is 2.23. The maximum absolute atomic E-state index is 13.8. The number of hydrogen-bond donors (Lipinski definition) is 0. The number of halogens is 2. The van der Waals surface area contributed by atoms with Gasteiger partial charge in [0.05, 0.1) is 12.6 Å². The molecule has 0 bridgehead atoms. The molecule has 1 saturated heterocycles. The van der Waals surface area contributed by atoms with Crippen molar-refractivity contribution < 1.29 is 13.5 Å². The highest BCUT2D eigenvalue weighted by molar-refractivity contribution is 5.31. The van der Waals surface area contributed by atoms with Gasteiger partial charge in [-0.25, -0.2) is 13.5 Å². The van der Waals surface area contributed by atoms with E-state index in [2.05, 4.69) is 27.3 Å². The lowest BCUT2D eigenvalue weighted by molar-refractivity contribution is 0.0440. The lowest BCUT2D eigenvalue weighted by atomic mass is 9.97. The molecule has 124 valence electrons. The molecule has 0 saturated carbocycles. The second-order valence-corrected chi connectivity index (χ2v) is 5.86. The van der Waals surface area contributed by atoms with Crippen molar-refractivity contribution in [1.29, 1.82) is 0 Å². The van der Waals surface area contributed by atoms with Crippen molar-refractivity contribution in [3.63, 3.8) is 0 Å². The zero-order valence-corrected chi connectivity index (χ0v) is 13.1. The Morgan fingerprint density at radius 3 is 2.91 bits per heavy atom. The third kappa shape index (κ3) is 3.31. The van der Waals surface area contributed by atoms with Gasteiger partial charge in [0.2, 0.25) is 5.95 Å². The first kappa shape index (κ1) is 15.8. The van der Waals surface area contributed by atoms with Crippen molar-refractivity contribution in [3.8, 4) is 0 Å². The zero-order valence-electron chi connectivity index (χ0n) is 13.1. The minimum Gasteiger partial charge on any atom is -0.381 e. The van der Waals surface area contributed by atoms with E-state index >= 15 is 0 Å². The zero-order chi connectivity index (χ0) is 16.4. The van der Waals surface area contributed by atoms with Crippen LogP contribution in [0.3, 0.4) is 0 Å². The van der Waals surface area contributed by atoms with Crippen LogP contribution < -0.4 is 4.90 Å². The van der Waals surface area contributed by atoms with Gasteiger partial charge in [-0.1, -0.05) is 12.0 Å². The van der Waals surface area contributed by atoms with Crippen molar-refractivity contribution >= 4 is 5.95 Å². The van der Waals surface area contributed by atoms with Crippen LogP contribution in [0.25, 0.3) is 0 Å². The fourth-order valence-corrected chi connectivity index (χ4v) is 3.01. The van der Waals surface area contributed by atoms with Crippen molar-refractivity contribution in [2.45, 2.75) is 26.0 Å². The molecular formula is C15H19F2N5O. The Balaban J connectivity index is 1.79. The van der Waals surface area contributed by atoms with Crippen LogP contribution in [0, 0.1) is 17.6 Å². The number of hydrogen-bond acceptors (Lipinski definition) is 5. The summed E-state index contributed by atoms with van der Waals surface area (Å²) in [6.45, 7) is 3.71. The number of methoxy groups -OCH3 is 1. The third-order valence-corrected chi connectivity index (χ3v) is 4.25. The Labute approximate surface area is 133 Å². The number of anilines is 1. The number of aromatic nitrogens is 4. The molecule has 0 aliphatic carbocycles. The van der Waals surface area contributed by atoms with E-state index in [4.69, 9.17) is 4.74 Å². The van der Waals surface area contributed by atoms with Crippen molar-refractivity contribution in [1.82, 2.24) is 20.2 Å². The lowest BCUT2D eigenvalue weighted by Gasteiger charge is -2.36. The summed E-state index contributed by atoms with van der Waals surface area (Å²) in [6.07, 6.45) is 1.09. The van der Waals surface area contributed by atoms with E-state index in [1.165, 1.54) is 10.7 Å². The molecule has 6 nitrogen and oxygen atoms in total. The normalized spacial score (nSPS) is 21.7. The monoisotopic (exact) mass is 323 g/mol. The summed E-state index contributed by atoms with van der Waals surface area (Å²) in [7, 11) is 1.72. The van der Waals surface area contributed by atoms with Gasteiger partial charge in [-0.2, -0.15) is 0 Å². The van der Waals surface area contributed by atoms with Gasteiger partial charge in [-0.15, -0.1) is 0 Å². The second kappa shape index (κ2) is 6.57. The maximum Gasteiger partial charge on any atom is 0.245 e. The summed E-state index contributed by atoms with van der Waals surface area (Å²) < 4.78 is 34.1. The Morgan fingerprint density at radius 2 is 2.17 bits per heavy atom. The smallest absolute Gasteiger partial charge is 0.245 e. The number of nitrogens with zero attached hydrogens (tertiary/aromatic N) is 5. The van der Waals surface area contributed by atoms with Crippen LogP contribution in [0.4, 0.5) is 14.7 Å². The van der Waals surface area contributed by atoms with Crippen LogP contribution in [0.1, 0.15) is 18.9 Å². The largest absolute Gasteiger partial charge is 0.381 e. The summed E-state index contributed by atoms with van der Waals surface area (Å²) >= 11 is 0. The highest BCUT2D eigenvalue weighted by atomic mass is 19.1. The molecule has 0 N–H and O–H groups in total. The number of ether oxygens (including phenoxy) is 1. The first-order chi connectivity index (χ1) is 11.1. The molecule has 8 heteroatoms. The molecule has 1 aromatic heterocycles. The van der Waals surface area contributed by atoms with Crippen molar-refractivity contribution in [3.05, 3.63) is 35.4 Å². The van der Waals surface area contributed by atoms with Gasteiger partial charge in [0.25, 0.3) is 0 Å². The molecule has 0 amide bonds. The quantitative estimate of drug-likeness (QED) is 0.860. The third-order valence-electron chi connectivity index (χ3n) is 4.25. The molecular weight excluding hydrogens is 304 g/mol. The average molecular weight is 323 g/mol. The van der Waals surface area contributed by atoms with Gasteiger partial charge in [0.15, 0.2) is 0 Å². The molecule has 2 heterocycles. The van der Waals surface area contributed by atoms with Crippen LogP contribution in [0.2, 0.25) is 0 Å². The number of rotatable bonds is 4. The Morgan fingerprint density at radius 1 is 1.35 bits per heavy atom. The molecule has 1 fully saturated rings. The van der Waals surface area contributed by atoms with E-state index in [0.717, 1.165) is 31.6 Å². The fraction of sp³-hybridized carbons (Fsp3) is 0.533. The molecule has 23 heavy (non-hydrogen) atoms. The summed E-state index contributed by atoms with van der Waals surface area (Å²) in [5.41, 5.74) is 0.221. The molecule has 1 aromatic carbocycles. The van der Waals surface area contributed by atoms with E-state index < -0.39 is 11.6 Å². The first-order valence-electron chi connectivity index (χ1n) is 7.56. The number of piperidine rings is 1. The van der Waals surface area contributed by atoms with Crippen LogP contribution in [0.15, 0.2) is 18.2 Å². The average Bonchev–Trinajstić information content (AvgIpc) is 2.99. The van der Waals surface area contributed by atoms with Crippen LogP contribution >= 0.6 is 0 Å². The SMILES string of the molecule is COC1CCN(c2nnnn2Cc2cc(F)ccc2F)CC1C. The van der Waals surface area contributed by atoms with Crippen LogP contribution in [-0.2, 0) is 11.3 Å². The van der Waals surface area contributed by atoms with Crippen LogP contribution in [0.5, 0.6) is 0 Å². The number of tetrazole rings is 1. The van der Waals surface area contributed by atoms with E-state index in [1.54, 1.807) is 7.11 Å². The predicted octanol–water partition coefficient (Wildman–Crippen LogP) is 1.86. The first-order valence-corrected chi connectivity index (χ1v) is 7.56. The lowest BCUT2D eigenvalue weighted by Crippen LogP contribution is -2.44. The minimum atomic E-state index is -0.481. The topological polar surface area (TPSA) is 56.1 Å². The van der Waals surface area contributed by atoms with Gasteiger partial charge in [0, 0.05) is 25.8 Å². The summed E-state index contributed by atoms with van der Waals surface area (Å²) in [5.74, 6) is -0.0512. The molecule has 3 rings (SSSR count). The molecule has 1 aliphatic rings. The highest BCUT2D eigenvalue weighted by Gasteiger charge is 2.28. The molecule has 0 radical (unpaired) electrons. The van der Waals surface area contributed by atoms with Gasteiger partial charge in [-0.05, 0) is 41.0 Å². The Kier molecular flexibility index (Phi) is 4.51. The van der Waals surface area contributed by atoms with E-state index in [1.807, 2.05) is 0 Å². The van der Waals surface area contributed by atoms with E-state index in [0.29, 0.717) is 11.9 Å². The summed E-state index contributed by atoms with van der Waals surface area (Å²) in [6, 6.07) is 3.37. The van der Waals surface area contributed by atoms with Gasteiger partial charge in [-0.3, -0.25) is 0 Å². The molecule has 0 spiro atoms. The number of benzene rings is 1. The molecule has 2 aromatic rings. The standard InChI is InChI=1S/C15H19F2N5O/c1-10-8-21(6-5-14(10)23-2)15-18-19-20-22(15)9-11-7-12(16)3-4-13(11)17/h3-4,7,10,14H,5-6,8-9H2,1-2H3. The maximum atomic E-state index is 13.8. The van der Waals surface area contributed by atoms with Crippen molar-refractivity contribution in [2.24, 2.45) is 5.92 Å². The van der Waals surface area contributed by atoms with Gasteiger partial charge < -0.3 is 9.64 Å². The minimum absolute atomic E-state index is 0.0878. The molecule has 2 atom stereocenters. The Bertz CT molecular complexity index is 678. The molecule has 2 unspecified atom stereocenters. The predicted molar refractivity (Wildman–Crippen MR) is 80.1 cm³/mol. The van der Waals surface area contributed by atoms with E-state index in [9.17, 15) is 8.78 Å². The summed E-state index contributed by atoms with van der Waals surface area (Å²) in [5, 5.41) is 11.6. The Hall–Kier alpha value is -2.09. The fourth-order valence-electron chi connectivity index (χ4n) is 3.01. The van der Waals surface area contributed by atoms with Crippen molar-refractivity contribution in [2.75, 3.05) is 25.1 Å². The molecule has 1 aliphatic heterocycles. The van der Waals surface area contributed by atoms with E-state index in [-0.39, 0.29) is 18.2 Å². The summed E-state index contributed by atoms with van der Waals surface area (Å²) in [4.78, 5) is 2.05. The second-order valence-electron chi connectivity index (χ2n) is 5.86. The van der Waals surface area contributed by atoms with Gasteiger partial charge >= 0.3 is 0 Å². The van der Waals surface area contributed by atoms with Gasteiger partial charge in [0.1, 0.15) is 11.6 Å².